The highest BCUT2D eigenvalue weighted by Gasteiger charge is 2.65. The first-order valence-electron chi connectivity index (χ1n) is 6.88. The quantitative estimate of drug-likeness (QED) is 0.911. The smallest absolute Gasteiger partial charge is 0.361 e. The monoisotopic (exact) mass is 350 g/mol. The molecule has 0 fully saturated rings. The number of aryl methyl sites for hydroxylation is 1. The maximum atomic E-state index is 13.3. The van der Waals surface area contributed by atoms with Crippen molar-refractivity contribution in [2.75, 3.05) is 0 Å². The Morgan fingerprint density at radius 1 is 1.26 bits per heavy atom. The molecule has 128 valence electrons. The zero-order valence-electron chi connectivity index (χ0n) is 12.8. The molecule has 1 aliphatic heterocycles. The van der Waals surface area contributed by atoms with E-state index in [1.807, 2.05) is 0 Å². The minimum absolute atomic E-state index is 0.0273. The third-order valence-electron chi connectivity index (χ3n) is 3.63. The summed E-state index contributed by atoms with van der Waals surface area (Å²) in [4.78, 5) is -0.362. The minimum atomic E-state index is -5.18. The van der Waals surface area contributed by atoms with Gasteiger partial charge < -0.3 is 5.11 Å². The van der Waals surface area contributed by atoms with E-state index in [0.717, 1.165) is 5.56 Å². The Labute approximate surface area is 132 Å². The van der Waals surface area contributed by atoms with E-state index >= 15 is 0 Å². The Kier molecular flexibility index (Phi) is 4.23. The summed E-state index contributed by atoms with van der Waals surface area (Å²) < 4.78 is 64.8. The van der Waals surface area contributed by atoms with E-state index in [-0.39, 0.29) is 15.0 Å². The molecule has 23 heavy (non-hydrogen) atoms. The summed E-state index contributed by atoms with van der Waals surface area (Å²) in [6, 6.07) is 5.29. The summed E-state index contributed by atoms with van der Waals surface area (Å²) in [5, 5.41) is 13.6. The van der Waals surface area contributed by atoms with Crippen molar-refractivity contribution in [3.63, 3.8) is 0 Å². The van der Waals surface area contributed by atoms with E-state index in [1.54, 1.807) is 20.8 Å². The van der Waals surface area contributed by atoms with Crippen LogP contribution in [0.25, 0.3) is 0 Å². The van der Waals surface area contributed by atoms with Gasteiger partial charge in [0.05, 0.1) is 4.90 Å². The average Bonchev–Trinajstić information content (AvgIpc) is 2.79. The summed E-state index contributed by atoms with van der Waals surface area (Å²) in [6.07, 6.45) is -6.08. The third-order valence-corrected chi connectivity index (χ3v) is 5.34. The fraction of sp³-hybridized carbons (Fsp3) is 0.500. The molecule has 1 aromatic rings. The molecule has 5 nitrogen and oxygen atoms in total. The molecule has 1 heterocycles. The minimum Gasteiger partial charge on any atom is -0.361 e. The number of hydrogen-bond acceptors (Lipinski definition) is 4. The van der Waals surface area contributed by atoms with Crippen molar-refractivity contribution in [1.82, 2.24) is 4.41 Å². The summed E-state index contributed by atoms with van der Waals surface area (Å²) in [5.74, 6) is -0.429. The molecule has 0 aliphatic carbocycles. The van der Waals surface area contributed by atoms with Crippen molar-refractivity contribution < 1.29 is 26.7 Å². The summed E-state index contributed by atoms with van der Waals surface area (Å²) >= 11 is 0. The molecule has 2 rings (SSSR count). The van der Waals surface area contributed by atoms with Gasteiger partial charge in [-0.15, -0.1) is 4.41 Å². The van der Waals surface area contributed by atoms with Crippen molar-refractivity contribution in [2.45, 2.75) is 44.0 Å². The Balaban J connectivity index is 2.58. The van der Waals surface area contributed by atoms with Crippen LogP contribution in [0.2, 0.25) is 0 Å². The third kappa shape index (κ3) is 2.94. The van der Waals surface area contributed by atoms with Crippen LogP contribution in [0.15, 0.2) is 34.3 Å². The molecule has 0 amide bonds. The van der Waals surface area contributed by atoms with Crippen LogP contribution in [0.1, 0.15) is 25.8 Å². The van der Waals surface area contributed by atoms with E-state index < -0.39 is 34.3 Å². The fourth-order valence-corrected chi connectivity index (χ4v) is 3.60. The number of aliphatic hydroxyl groups is 1. The predicted octanol–water partition coefficient (Wildman–Crippen LogP) is 2.65. The lowest BCUT2D eigenvalue weighted by molar-refractivity contribution is -0.291. The summed E-state index contributed by atoms with van der Waals surface area (Å²) in [7, 11) is -4.64. The lowest BCUT2D eigenvalue weighted by atomic mass is 10.00. The number of hydrogen-bond donors (Lipinski definition) is 1. The van der Waals surface area contributed by atoms with Gasteiger partial charge in [-0.2, -0.15) is 26.7 Å². The highest BCUT2D eigenvalue weighted by atomic mass is 32.2. The highest BCUT2D eigenvalue weighted by molar-refractivity contribution is 7.89. The number of sulfonamides is 1. The first-order valence-corrected chi connectivity index (χ1v) is 8.32. The van der Waals surface area contributed by atoms with Crippen LogP contribution in [0.3, 0.4) is 0 Å². The van der Waals surface area contributed by atoms with E-state index in [9.17, 15) is 26.7 Å². The van der Waals surface area contributed by atoms with E-state index in [4.69, 9.17) is 0 Å². The van der Waals surface area contributed by atoms with Gasteiger partial charge in [-0.05, 0) is 25.0 Å². The molecule has 1 aromatic carbocycles. The van der Waals surface area contributed by atoms with Crippen LogP contribution in [-0.4, -0.2) is 35.6 Å². The summed E-state index contributed by atoms with van der Waals surface area (Å²) in [5.41, 5.74) is -2.85. The van der Waals surface area contributed by atoms with Crippen LogP contribution in [0, 0.1) is 12.8 Å². The standard InChI is InChI=1S/C14H17F3N2O3S/c1-9(2)12-8-13(20,14(15,16)17)19(18-12)23(21,22)11-6-4-10(3)5-7-11/h4-7,9,20H,8H2,1-3H3. The van der Waals surface area contributed by atoms with Gasteiger partial charge in [0.25, 0.3) is 15.7 Å². The van der Waals surface area contributed by atoms with Gasteiger partial charge in [0.15, 0.2) is 0 Å². The lowest BCUT2D eigenvalue weighted by Gasteiger charge is -2.33. The summed E-state index contributed by atoms with van der Waals surface area (Å²) in [6.45, 7) is 4.88. The topological polar surface area (TPSA) is 70.0 Å². The number of halogens is 3. The maximum Gasteiger partial charge on any atom is 0.439 e. The molecule has 0 radical (unpaired) electrons. The molecule has 0 bridgehead atoms. The van der Waals surface area contributed by atoms with Crippen molar-refractivity contribution in [1.29, 1.82) is 0 Å². The van der Waals surface area contributed by atoms with Crippen LogP contribution >= 0.6 is 0 Å². The van der Waals surface area contributed by atoms with Crippen molar-refractivity contribution in [3.8, 4) is 0 Å². The van der Waals surface area contributed by atoms with Crippen LogP contribution in [0.5, 0.6) is 0 Å². The van der Waals surface area contributed by atoms with Gasteiger partial charge in [-0.25, -0.2) is 0 Å². The van der Waals surface area contributed by atoms with Crippen LogP contribution in [-0.2, 0) is 10.0 Å². The van der Waals surface area contributed by atoms with Crippen molar-refractivity contribution in [3.05, 3.63) is 29.8 Å². The van der Waals surface area contributed by atoms with Crippen molar-refractivity contribution >= 4 is 15.7 Å². The second kappa shape index (κ2) is 5.48. The molecule has 1 aliphatic rings. The Bertz CT molecular complexity index is 727. The lowest BCUT2D eigenvalue weighted by Crippen LogP contribution is -2.56. The number of rotatable bonds is 3. The number of alkyl halides is 3. The molecule has 0 spiro atoms. The van der Waals surface area contributed by atoms with Gasteiger partial charge in [-0.3, -0.25) is 0 Å². The SMILES string of the molecule is Cc1ccc(S(=O)(=O)N2N=C(C(C)C)CC2(O)C(F)(F)F)cc1. The Hall–Kier alpha value is -1.61. The molecule has 0 aromatic heterocycles. The van der Waals surface area contributed by atoms with E-state index in [1.165, 1.54) is 24.3 Å². The van der Waals surface area contributed by atoms with Crippen LogP contribution < -0.4 is 0 Å². The van der Waals surface area contributed by atoms with E-state index in [2.05, 4.69) is 5.10 Å². The first kappa shape index (κ1) is 17.7. The maximum absolute atomic E-state index is 13.3. The highest BCUT2D eigenvalue weighted by Crippen LogP contribution is 2.44. The van der Waals surface area contributed by atoms with Gasteiger partial charge in [0.2, 0.25) is 0 Å². The molecule has 0 saturated carbocycles. The molecular formula is C14H17F3N2O3S. The van der Waals surface area contributed by atoms with Gasteiger partial charge in [0.1, 0.15) is 0 Å². The Morgan fingerprint density at radius 3 is 2.22 bits per heavy atom. The number of hydrazone groups is 1. The predicted molar refractivity (Wildman–Crippen MR) is 78.1 cm³/mol. The normalized spacial score (nSPS) is 22.6. The molecule has 0 saturated heterocycles. The number of nitrogens with zero attached hydrogens (tertiary/aromatic N) is 2. The van der Waals surface area contributed by atoms with E-state index in [0.29, 0.717) is 0 Å². The largest absolute Gasteiger partial charge is 0.439 e. The first-order chi connectivity index (χ1) is 10.4. The van der Waals surface area contributed by atoms with Gasteiger partial charge >= 0.3 is 6.18 Å². The molecule has 1 unspecified atom stereocenters. The number of benzene rings is 1. The zero-order valence-corrected chi connectivity index (χ0v) is 13.6. The second-order valence-corrected chi connectivity index (χ2v) is 7.57. The average molecular weight is 350 g/mol. The van der Waals surface area contributed by atoms with Crippen LogP contribution in [0.4, 0.5) is 13.2 Å². The molecule has 1 N–H and O–H groups in total. The Morgan fingerprint density at radius 2 is 1.78 bits per heavy atom. The molecular weight excluding hydrogens is 333 g/mol. The fourth-order valence-electron chi connectivity index (χ4n) is 2.15. The molecule has 1 atom stereocenters. The molecule has 9 heteroatoms. The van der Waals surface area contributed by atoms with Crippen molar-refractivity contribution in [2.24, 2.45) is 11.0 Å². The second-order valence-electron chi connectivity index (χ2n) is 5.80. The van der Waals surface area contributed by atoms with Gasteiger partial charge in [0, 0.05) is 12.1 Å². The zero-order chi connectivity index (χ0) is 17.6. The van der Waals surface area contributed by atoms with Gasteiger partial charge in [-0.1, -0.05) is 31.5 Å².